The fraction of sp³-hybridized carbons (Fsp3) is 0.133. The van der Waals surface area contributed by atoms with Gasteiger partial charge in [0.25, 0.3) is 0 Å². The molecule has 2 aromatic rings. The second kappa shape index (κ2) is 10.1. The van der Waals surface area contributed by atoms with Gasteiger partial charge < -0.3 is 20.7 Å². The first-order chi connectivity index (χ1) is 10.8. The first-order valence-corrected chi connectivity index (χ1v) is 9.76. The van der Waals surface area contributed by atoms with Crippen LogP contribution < -0.4 is 45.1 Å². The Morgan fingerprint density at radius 3 is 2.38 bits per heavy atom. The van der Waals surface area contributed by atoms with Gasteiger partial charge in [0.1, 0.15) is 17.5 Å². The number of hydrogen-bond donors (Lipinski definition) is 2. The monoisotopic (exact) mass is 673 g/mol. The maximum Gasteiger partial charge on any atom is 1.00 e. The average molecular weight is 673 g/mol. The minimum absolute atomic E-state index is 0. The van der Waals surface area contributed by atoms with E-state index in [0.717, 1.165) is 9.13 Å². The smallest absolute Gasteiger partial charge is 0.872 e. The van der Waals surface area contributed by atoms with Crippen LogP contribution in [0.5, 0.6) is 17.2 Å². The van der Waals surface area contributed by atoms with Crippen LogP contribution in [0.25, 0.3) is 0 Å². The molecule has 9 heteroatoms. The zero-order chi connectivity index (χ0) is 17.1. The van der Waals surface area contributed by atoms with E-state index in [1.807, 2.05) is 51.2 Å². The van der Waals surface area contributed by atoms with Crippen LogP contribution in [0.3, 0.4) is 0 Å². The van der Waals surface area contributed by atoms with Gasteiger partial charge in [0.05, 0.1) is 7.49 Å². The number of nitrogens with two attached hydrogens (primary N) is 1. The van der Waals surface area contributed by atoms with E-state index in [0.29, 0.717) is 15.1 Å². The molecule has 122 valence electrons. The van der Waals surface area contributed by atoms with Crippen LogP contribution in [0.4, 0.5) is 0 Å². The Balaban J connectivity index is 0.00000288. The number of carboxylic acids is 1. The summed E-state index contributed by atoms with van der Waals surface area (Å²) in [6, 6.07) is 9.21. The van der Waals surface area contributed by atoms with Crippen LogP contribution >= 0.6 is 67.8 Å². The summed E-state index contributed by atoms with van der Waals surface area (Å²) in [6.45, 7) is 0. The van der Waals surface area contributed by atoms with E-state index in [2.05, 4.69) is 22.6 Å². The van der Waals surface area contributed by atoms with Gasteiger partial charge in [0, 0.05) is 3.57 Å². The maximum absolute atomic E-state index is 11.4. The van der Waals surface area contributed by atoms with E-state index in [4.69, 9.17) is 15.6 Å². The largest absolute Gasteiger partial charge is 1.00 e. The topological polar surface area (TPSA) is 95.6 Å². The standard InChI is InChI=1S/C15H12I3NO4.Na/c16-9-6-8(2-3-11(9)20)23-12-4-1-7(5-10(12)17)13(18)14(19)15(21)22;/h1-6,13-14,20H,19H2,(H,21,22);/q;+1/p-1/t13?,14-;/m1./s1. The predicted molar refractivity (Wildman–Crippen MR) is 110 cm³/mol. The van der Waals surface area contributed by atoms with Crippen molar-refractivity contribution in [3.05, 3.63) is 49.1 Å². The van der Waals surface area contributed by atoms with Crippen LogP contribution in [-0.2, 0) is 4.79 Å². The molecule has 0 bridgehead atoms. The van der Waals surface area contributed by atoms with Gasteiger partial charge in [-0.1, -0.05) is 40.5 Å². The molecule has 0 fully saturated rings. The molecule has 0 heterocycles. The van der Waals surface area contributed by atoms with Crippen LogP contribution in [0.1, 0.15) is 9.49 Å². The first kappa shape index (κ1) is 22.7. The minimum atomic E-state index is -1.04. The van der Waals surface area contributed by atoms with Crippen molar-refractivity contribution in [2.45, 2.75) is 9.97 Å². The van der Waals surface area contributed by atoms with Crippen molar-refractivity contribution in [2.75, 3.05) is 0 Å². The summed E-state index contributed by atoms with van der Waals surface area (Å²) >= 11 is 6.11. The molecule has 2 atom stereocenters. The summed E-state index contributed by atoms with van der Waals surface area (Å²) in [5, 5.41) is 20.4. The molecule has 0 aliphatic heterocycles. The van der Waals surface area contributed by atoms with Gasteiger partial charge >= 0.3 is 35.5 Å². The van der Waals surface area contributed by atoms with E-state index in [1.165, 1.54) is 6.07 Å². The molecule has 0 aromatic heterocycles. The molecule has 2 aromatic carbocycles. The number of hydrogen-bond acceptors (Lipinski definition) is 4. The van der Waals surface area contributed by atoms with Crippen molar-refractivity contribution in [3.8, 4) is 17.2 Å². The number of benzene rings is 2. The number of carbonyl (C=O) groups is 1. The van der Waals surface area contributed by atoms with Crippen LogP contribution in [-0.4, -0.2) is 17.1 Å². The fourth-order valence-corrected chi connectivity index (χ4v) is 3.61. The molecule has 24 heavy (non-hydrogen) atoms. The summed E-state index contributed by atoms with van der Waals surface area (Å²) < 4.78 is 6.87. The number of carboxylic acid groups (broad SMARTS) is 1. The van der Waals surface area contributed by atoms with Gasteiger partial charge in [0.2, 0.25) is 0 Å². The zero-order valence-corrected chi connectivity index (χ0v) is 21.0. The Kier molecular flexibility index (Phi) is 9.57. The SMILES string of the molecule is N[C@@H](C(=O)O)C(I)c1ccc(Oc2ccc([O-])c(I)c2)c(I)c1.[Na+]. The Morgan fingerprint density at radius 1 is 1.17 bits per heavy atom. The maximum atomic E-state index is 11.4. The summed E-state index contributed by atoms with van der Waals surface area (Å²) in [5.74, 6) is 0.134. The third-order valence-electron chi connectivity index (χ3n) is 3.01. The minimum Gasteiger partial charge on any atom is -0.872 e. The summed E-state index contributed by atoms with van der Waals surface area (Å²) in [5.41, 5.74) is 6.48. The Bertz CT molecular complexity index is 745. The van der Waals surface area contributed by atoms with Gasteiger partial charge in [-0.2, -0.15) is 0 Å². The summed E-state index contributed by atoms with van der Waals surface area (Å²) in [7, 11) is 0. The van der Waals surface area contributed by atoms with E-state index in [1.54, 1.807) is 24.3 Å². The summed E-state index contributed by atoms with van der Waals surface area (Å²) in [6.07, 6.45) is 0. The van der Waals surface area contributed by atoms with Crippen LogP contribution in [0.15, 0.2) is 36.4 Å². The second-order valence-electron chi connectivity index (χ2n) is 4.65. The molecule has 0 aliphatic carbocycles. The van der Waals surface area contributed by atoms with Crippen molar-refractivity contribution in [2.24, 2.45) is 5.73 Å². The average Bonchev–Trinajstić information content (AvgIpc) is 2.51. The molecule has 2 rings (SSSR count). The number of aliphatic carboxylic acids is 1. The van der Waals surface area contributed by atoms with E-state index < -0.39 is 12.0 Å². The molecule has 0 spiro atoms. The normalized spacial score (nSPS) is 12.8. The van der Waals surface area contributed by atoms with E-state index in [9.17, 15) is 9.90 Å². The van der Waals surface area contributed by atoms with Crippen molar-refractivity contribution in [1.82, 2.24) is 0 Å². The van der Waals surface area contributed by atoms with Gasteiger partial charge in [-0.25, -0.2) is 0 Å². The molecule has 3 N–H and O–H groups in total. The number of halogens is 3. The third kappa shape index (κ3) is 5.84. The van der Waals surface area contributed by atoms with Crippen molar-refractivity contribution >= 4 is 73.7 Å². The number of rotatable bonds is 5. The Morgan fingerprint density at radius 2 is 1.83 bits per heavy atom. The number of alkyl halides is 1. The molecular weight excluding hydrogens is 662 g/mol. The first-order valence-electron chi connectivity index (χ1n) is 6.36. The Labute approximate surface area is 202 Å². The molecule has 1 unspecified atom stereocenters. The molecule has 5 nitrogen and oxygen atoms in total. The second-order valence-corrected chi connectivity index (χ2v) is 8.32. The van der Waals surface area contributed by atoms with Crippen LogP contribution in [0.2, 0.25) is 0 Å². The molecular formula is C15H11I3NNaO4. The predicted octanol–water partition coefficient (Wildman–Crippen LogP) is 0.654. The quantitative estimate of drug-likeness (QED) is 0.277. The van der Waals surface area contributed by atoms with Crippen LogP contribution in [0, 0.1) is 7.14 Å². The van der Waals surface area contributed by atoms with Gasteiger partial charge in [-0.3, -0.25) is 4.79 Å². The van der Waals surface area contributed by atoms with Gasteiger partial charge in [0.15, 0.2) is 0 Å². The van der Waals surface area contributed by atoms with Crippen molar-refractivity contribution < 1.29 is 49.3 Å². The number of ether oxygens (including phenoxy) is 1. The molecule has 0 saturated carbocycles. The Hall–Kier alpha value is 0.660. The fourth-order valence-electron chi connectivity index (χ4n) is 1.78. The zero-order valence-electron chi connectivity index (χ0n) is 12.5. The third-order valence-corrected chi connectivity index (χ3v) is 6.19. The van der Waals surface area contributed by atoms with E-state index >= 15 is 0 Å². The van der Waals surface area contributed by atoms with Gasteiger partial charge in [-0.15, -0.1) is 0 Å². The molecule has 0 saturated heterocycles. The molecule has 0 radical (unpaired) electrons. The van der Waals surface area contributed by atoms with Gasteiger partial charge in [-0.05, 0) is 75.0 Å². The molecule has 0 amide bonds. The summed E-state index contributed by atoms with van der Waals surface area (Å²) in [4.78, 5) is 11.0. The van der Waals surface area contributed by atoms with Crippen molar-refractivity contribution in [1.29, 1.82) is 0 Å². The van der Waals surface area contributed by atoms with E-state index in [-0.39, 0.29) is 39.2 Å². The van der Waals surface area contributed by atoms with Crippen molar-refractivity contribution in [3.63, 3.8) is 0 Å². The molecule has 0 aliphatic rings.